The maximum atomic E-state index is 11.9. The molecule has 5 nitrogen and oxygen atoms in total. The summed E-state index contributed by atoms with van der Waals surface area (Å²) in [6, 6.07) is 18.0. The van der Waals surface area contributed by atoms with Crippen LogP contribution in [0.4, 0.5) is 0 Å². The molecule has 0 spiro atoms. The first-order valence-corrected chi connectivity index (χ1v) is 8.42. The molecule has 0 saturated carbocycles. The maximum Gasteiger partial charge on any atom is 0.323 e. The second-order valence-electron chi connectivity index (χ2n) is 5.81. The Hall–Kier alpha value is -2.50. The van der Waals surface area contributed by atoms with E-state index in [0.29, 0.717) is 24.9 Å². The quantitative estimate of drug-likeness (QED) is 0.394. The Bertz CT molecular complexity index is 659. The van der Waals surface area contributed by atoms with Crippen LogP contribution in [0.15, 0.2) is 60.7 Å². The number of ketones is 1. The highest BCUT2D eigenvalue weighted by atomic mass is 16.5. The molecule has 2 rings (SSSR count). The summed E-state index contributed by atoms with van der Waals surface area (Å²) in [4.78, 5) is 23.8. The Morgan fingerprint density at radius 3 is 2.32 bits per heavy atom. The molecule has 1 atom stereocenters. The predicted octanol–water partition coefficient (Wildman–Crippen LogP) is 2.31. The molecule has 0 radical (unpaired) electrons. The van der Waals surface area contributed by atoms with Crippen LogP contribution in [0.3, 0.4) is 0 Å². The Kier molecular flexibility index (Phi) is 7.82. The van der Waals surface area contributed by atoms with Gasteiger partial charge in [0.1, 0.15) is 12.6 Å². The summed E-state index contributed by atoms with van der Waals surface area (Å²) >= 11 is 0. The Morgan fingerprint density at radius 1 is 1.00 bits per heavy atom. The molecule has 0 fully saturated rings. The molecule has 2 aromatic carbocycles. The third kappa shape index (κ3) is 6.87. The van der Waals surface area contributed by atoms with Gasteiger partial charge < -0.3 is 15.8 Å². The number of carbonyl (C=O) groups is 2. The van der Waals surface area contributed by atoms with Crippen molar-refractivity contribution in [1.29, 1.82) is 0 Å². The summed E-state index contributed by atoms with van der Waals surface area (Å²) in [6.45, 7) is 1.13. The lowest BCUT2D eigenvalue weighted by molar-refractivity contribution is -0.146. The molecule has 2 aromatic rings. The number of benzene rings is 2. The van der Waals surface area contributed by atoms with Gasteiger partial charge in [0.05, 0.1) is 6.54 Å². The number of esters is 1. The van der Waals surface area contributed by atoms with Crippen molar-refractivity contribution in [2.45, 2.75) is 25.5 Å². The molecule has 0 saturated heterocycles. The van der Waals surface area contributed by atoms with Gasteiger partial charge in [-0.15, -0.1) is 0 Å². The zero-order valence-corrected chi connectivity index (χ0v) is 14.2. The minimum Gasteiger partial charge on any atom is -0.460 e. The summed E-state index contributed by atoms with van der Waals surface area (Å²) in [7, 11) is 0. The number of ether oxygens (including phenoxy) is 1. The van der Waals surface area contributed by atoms with Crippen LogP contribution < -0.4 is 11.1 Å². The topological polar surface area (TPSA) is 81.4 Å². The zero-order chi connectivity index (χ0) is 17.9. The first-order valence-electron chi connectivity index (χ1n) is 8.42. The van der Waals surface area contributed by atoms with Gasteiger partial charge in [0, 0.05) is 5.56 Å². The SMILES string of the molecule is N[C@@H](CCCNCC(=O)c1ccccc1)C(=O)OCc1ccccc1. The van der Waals surface area contributed by atoms with Gasteiger partial charge in [-0.05, 0) is 24.9 Å². The number of Topliss-reactive ketones (excluding diaryl/α,β-unsaturated/α-hetero) is 1. The van der Waals surface area contributed by atoms with E-state index in [-0.39, 0.29) is 18.9 Å². The third-order valence-corrected chi connectivity index (χ3v) is 3.78. The number of carbonyl (C=O) groups excluding carboxylic acids is 2. The Labute approximate surface area is 148 Å². The van der Waals surface area contributed by atoms with Crippen LogP contribution in [0.25, 0.3) is 0 Å². The lowest BCUT2D eigenvalue weighted by Crippen LogP contribution is -2.33. The van der Waals surface area contributed by atoms with Crippen molar-refractivity contribution in [2.24, 2.45) is 5.73 Å². The lowest BCUT2D eigenvalue weighted by Gasteiger charge is -2.12. The Morgan fingerprint density at radius 2 is 1.64 bits per heavy atom. The second-order valence-corrected chi connectivity index (χ2v) is 5.81. The van der Waals surface area contributed by atoms with Crippen molar-refractivity contribution in [3.63, 3.8) is 0 Å². The smallest absolute Gasteiger partial charge is 0.323 e. The van der Waals surface area contributed by atoms with Crippen LogP contribution in [0, 0.1) is 0 Å². The lowest BCUT2D eigenvalue weighted by atomic mass is 10.1. The van der Waals surface area contributed by atoms with Crippen molar-refractivity contribution < 1.29 is 14.3 Å². The largest absolute Gasteiger partial charge is 0.460 e. The molecule has 25 heavy (non-hydrogen) atoms. The standard InChI is InChI=1S/C20H24N2O3/c21-18(20(24)25-15-16-8-3-1-4-9-16)12-7-13-22-14-19(23)17-10-5-2-6-11-17/h1-6,8-11,18,22H,7,12-15,21H2/t18-/m0/s1. The Balaban J connectivity index is 1.58. The van der Waals surface area contributed by atoms with Gasteiger partial charge >= 0.3 is 5.97 Å². The molecule has 132 valence electrons. The van der Waals surface area contributed by atoms with Crippen molar-refractivity contribution in [2.75, 3.05) is 13.1 Å². The van der Waals surface area contributed by atoms with Gasteiger partial charge in [0.15, 0.2) is 5.78 Å². The number of hydrogen-bond donors (Lipinski definition) is 2. The average Bonchev–Trinajstić information content (AvgIpc) is 2.67. The minimum absolute atomic E-state index is 0.0483. The van der Waals surface area contributed by atoms with Crippen molar-refractivity contribution in [3.8, 4) is 0 Å². The van der Waals surface area contributed by atoms with Crippen LogP contribution in [-0.2, 0) is 16.1 Å². The summed E-state index contributed by atoms with van der Waals surface area (Å²) < 4.78 is 5.20. The van der Waals surface area contributed by atoms with Gasteiger partial charge in [0.25, 0.3) is 0 Å². The first-order chi connectivity index (χ1) is 12.2. The summed E-state index contributed by atoms with van der Waals surface area (Å²) in [5, 5.41) is 3.08. The normalized spacial score (nSPS) is 11.7. The van der Waals surface area contributed by atoms with Crippen LogP contribution in [0.1, 0.15) is 28.8 Å². The monoisotopic (exact) mass is 340 g/mol. The van der Waals surface area contributed by atoms with Gasteiger partial charge in [-0.1, -0.05) is 60.7 Å². The summed E-state index contributed by atoms with van der Waals surface area (Å²) in [5.74, 6) is -0.351. The van der Waals surface area contributed by atoms with Crippen molar-refractivity contribution in [1.82, 2.24) is 5.32 Å². The van der Waals surface area contributed by atoms with E-state index in [1.807, 2.05) is 48.5 Å². The average molecular weight is 340 g/mol. The molecular weight excluding hydrogens is 316 g/mol. The van der Waals surface area contributed by atoms with Gasteiger partial charge in [-0.25, -0.2) is 0 Å². The van der Waals surface area contributed by atoms with E-state index in [1.54, 1.807) is 12.1 Å². The summed E-state index contributed by atoms with van der Waals surface area (Å²) in [6.07, 6.45) is 1.21. The highest BCUT2D eigenvalue weighted by Crippen LogP contribution is 2.04. The van der Waals surface area contributed by atoms with Crippen LogP contribution in [0.5, 0.6) is 0 Å². The van der Waals surface area contributed by atoms with E-state index in [1.165, 1.54) is 0 Å². The van der Waals surface area contributed by atoms with E-state index in [4.69, 9.17) is 10.5 Å². The molecule has 0 aliphatic rings. The number of nitrogens with two attached hydrogens (primary N) is 1. The van der Waals surface area contributed by atoms with E-state index in [2.05, 4.69) is 5.32 Å². The molecule has 3 N–H and O–H groups in total. The molecule has 0 aliphatic heterocycles. The molecule has 0 unspecified atom stereocenters. The molecular formula is C20H24N2O3. The fraction of sp³-hybridized carbons (Fsp3) is 0.300. The maximum absolute atomic E-state index is 11.9. The number of rotatable bonds is 10. The molecule has 0 aromatic heterocycles. The molecule has 0 heterocycles. The fourth-order valence-corrected chi connectivity index (χ4v) is 2.33. The molecule has 0 aliphatic carbocycles. The molecule has 5 heteroatoms. The second kappa shape index (κ2) is 10.4. The van der Waals surface area contributed by atoms with Gasteiger partial charge in [0.2, 0.25) is 0 Å². The highest BCUT2D eigenvalue weighted by Gasteiger charge is 2.14. The number of nitrogens with one attached hydrogen (secondary N) is 1. The number of hydrogen-bond acceptors (Lipinski definition) is 5. The minimum atomic E-state index is -0.643. The van der Waals surface area contributed by atoms with Crippen LogP contribution in [0.2, 0.25) is 0 Å². The molecule has 0 amide bonds. The predicted molar refractivity (Wildman–Crippen MR) is 97.1 cm³/mol. The fourth-order valence-electron chi connectivity index (χ4n) is 2.33. The van der Waals surface area contributed by atoms with E-state index < -0.39 is 12.0 Å². The van der Waals surface area contributed by atoms with E-state index >= 15 is 0 Å². The first kappa shape index (κ1) is 18.8. The third-order valence-electron chi connectivity index (χ3n) is 3.78. The van der Waals surface area contributed by atoms with Gasteiger partial charge in [-0.3, -0.25) is 9.59 Å². The van der Waals surface area contributed by atoms with Crippen molar-refractivity contribution >= 4 is 11.8 Å². The van der Waals surface area contributed by atoms with Crippen molar-refractivity contribution in [3.05, 3.63) is 71.8 Å². The van der Waals surface area contributed by atoms with Gasteiger partial charge in [-0.2, -0.15) is 0 Å². The highest BCUT2D eigenvalue weighted by molar-refractivity contribution is 5.97. The summed E-state index contributed by atoms with van der Waals surface area (Å²) in [5.41, 5.74) is 7.47. The zero-order valence-electron chi connectivity index (χ0n) is 14.2. The van der Waals surface area contributed by atoms with Crippen LogP contribution in [-0.4, -0.2) is 30.9 Å². The molecule has 0 bridgehead atoms. The van der Waals surface area contributed by atoms with E-state index in [0.717, 1.165) is 5.56 Å². The van der Waals surface area contributed by atoms with E-state index in [9.17, 15) is 9.59 Å². The van der Waals surface area contributed by atoms with Crippen LogP contribution >= 0.6 is 0 Å².